The van der Waals surface area contributed by atoms with E-state index in [1.54, 1.807) is 18.2 Å². The van der Waals surface area contributed by atoms with Gasteiger partial charge >= 0.3 is 0 Å². The second-order valence-corrected chi connectivity index (χ2v) is 6.44. The van der Waals surface area contributed by atoms with E-state index in [9.17, 15) is 8.42 Å². The maximum absolute atomic E-state index is 12.2. The van der Waals surface area contributed by atoms with Crippen molar-refractivity contribution in [2.45, 2.75) is 11.7 Å². The number of ether oxygens (including phenoxy) is 2. The molecule has 0 saturated carbocycles. The Morgan fingerprint density at radius 1 is 1.33 bits per heavy atom. The Morgan fingerprint density at radius 2 is 2.11 bits per heavy atom. The summed E-state index contributed by atoms with van der Waals surface area (Å²) in [6.45, 7) is 0.796. The summed E-state index contributed by atoms with van der Waals surface area (Å²) in [6, 6.07) is 5.14. The van der Waals surface area contributed by atoms with Gasteiger partial charge in [-0.2, -0.15) is 0 Å². The Balaban J connectivity index is 1.97. The molecule has 0 aliphatic carbocycles. The van der Waals surface area contributed by atoms with Crippen LogP contribution in [0.5, 0.6) is 11.5 Å². The Bertz CT molecular complexity index is 572. The maximum atomic E-state index is 12.2. The van der Waals surface area contributed by atoms with Crippen molar-refractivity contribution in [3.63, 3.8) is 0 Å². The minimum absolute atomic E-state index is 0.156. The number of sulfonamides is 1. The first-order valence-electron chi connectivity index (χ1n) is 5.74. The molecule has 0 bridgehead atoms. The third kappa shape index (κ3) is 1.62. The van der Waals surface area contributed by atoms with Gasteiger partial charge in [0.1, 0.15) is 0 Å². The van der Waals surface area contributed by atoms with Gasteiger partial charge in [0.25, 0.3) is 0 Å². The van der Waals surface area contributed by atoms with Gasteiger partial charge in [-0.3, -0.25) is 4.31 Å². The minimum atomic E-state index is -3.34. The summed E-state index contributed by atoms with van der Waals surface area (Å²) < 4.78 is 36.2. The van der Waals surface area contributed by atoms with Crippen molar-refractivity contribution in [2.24, 2.45) is 5.73 Å². The Hall–Kier alpha value is -1.47. The second kappa shape index (κ2) is 4.03. The molecule has 1 saturated heterocycles. The van der Waals surface area contributed by atoms with Crippen LogP contribution in [0.25, 0.3) is 0 Å². The van der Waals surface area contributed by atoms with Crippen LogP contribution in [0.1, 0.15) is 6.42 Å². The van der Waals surface area contributed by atoms with Crippen LogP contribution in [0.4, 0.5) is 5.69 Å². The molecule has 2 aliphatic heterocycles. The number of benzene rings is 1. The molecule has 1 unspecified atom stereocenters. The number of fused-ring (bicyclic) bond motifs is 1. The van der Waals surface area contributed by atoms with Crippen LogP contribution >= 0.6 is 0 Å². The summed E-state index contributed by atoms with van der Waals surface area (Å²) in [5.41, 5.74) is 6.10. The highest BCUT2D eigenvalue weighted by Gasteiger charge is 2.38. The highest BCUT2D eigenvalue weighted by Crippen LogP contribution is 2.38. The first kappa shape index (κ1) is 11.6. The predicted octanol–water partition coefficient (Wildman–Crippen LogP) is 0.282. The summed E-state index contributed by atoms with van der Waals surface area (Å²) in [6.07, 6.45) is 0.563. The molecule has 0 aromatic heterocycles. The lowest BCUT2D eigenvalue weighted by Crippen LogP contribution is -2.33. The first-order chi connectivity index (χ1) is 8.63. The molecule has 2 N–H and O–H groups in total. The lowest BCUT2D eigenvalue weighted by molar-refractivity contribution is 0.174. The number of nitrogens with zero attached hydrogens (tertiary/aromatic N) is 1. The fraction of sp³-hybridized carbons (Fsp3) is 0.455. The highest BCUT2D eigenvalue weighted by molar-refractivity contribution is 7.93. The van der Waals surface area contributed by atoms with Gasteiger partial charge in [-0.05, 0) is 18.6 Å². The largest absolute Gasteiger partial charge is 0.454 e. The monoisotopic (exact) mass is 270 g/mol. The van der Waals surface area contributed by atoms with Gasteiger partial charge < -0.3 is 15.2 Å². The van der Waals surface area contributed by atoms with Gasteiger partial charge in [-0.25, -0.2) is 8.42 Å². The number of anilines is 1. The zero-order valence-electron chi connectivity index (χ0n) is 9.70. The third-order valence-corrected chi connectivity index (χ3v) is 5.57. The lowest BCUT2D eigenvalue weighted by Gasteiger charge is -2.18. The van der Waals surface area contributed by atoms with Gasteiger partial charge in [-0.15, -0.1) is 0 Å². The molecule has 1 aromatic rings. The van der Waals surface area contributed by atoms with Gasteiger partial charge in [-0.1, -0.05) is 0 Å². The Morgan fingerprint density at radius 3 is 2.83 bits per heavy atom. The fourth-order valence-corrected chi connectivity index (χ4v) is 4.05. The average molecular weight is 270 g/mol. The molecule has 3 rings (SSSR count). The number of hydrogen-bond donors (Lipinski definition) is 1. The van der Waals surface area contributed by atoms with Gasteiger partial charge in [0, 0.05) is 19.2 Å². The molecule has 0 spiro atoms. The van der Waals surface area contributed by atoms with Crippen molar-refractivity contribution in [3.05, 3.63) is 18.2 Å². The molecule has 2 heterocycles. The van der Waals surface area contributed by atoms with Crippen molar-refractivity contribution in [1.82, 2.24) is 0 Å². The van der Waals surface area contributed by atoms with E-state index in [0.29, 0.717) is 30.2 Å². The standard InChI is InChI=1S/C11H14N2O4S/c12-6-9-3-4-13(18(9,14)15)8-1-2-10-11(5-8)17-7-16-10/h1-2,5,9H,3-4,6-7,12H2. The quantitative estimate of drug-likeness (QED) is 0.835. The molecule has 2 aliphatic rings. The first-order valence-corrected chi connectivity index (χ1v) is 7.24. The number of hydrogen-bond acceptors (Lipinski definition) is 5. The summed E-state index contributed by atoms with van der Waals surface area (Å²) in [7, 11) is -3.34. The van der Waals surface area contributed by atoms with Gasteiger partial charge in [0.05, 0.1) is 10.9 Å². The summed E-state index contributed by atoms with van der Waals surface area (Å²) >= 11 is 0. The zero-order chi connectivity index (χ0) is 12.8. The molecule has 18 heavy (non-hydrogen) atoms. The topological polar surface area (TPSA) is 81.9 Å². The van der Waals surface area contributed by atoms with Crippen LogP contribution in [0.2, 0.25) is 0 Å². The Kier molecular flexibility index (Phi) is 2.60. The average Bonchev–Trinajstić information content (AvgIpc) is 2.91. The lowest BCUT2D eigenvalue weighted by atomic mass is 10.2. The van der Waals surface area contributed by atoms with Crippen LogP contribution in [-0.2, 0) is 10.0 Å². The van der Waals surface area contributed by atoms with Crippen LogP contribution in [0.15, 0.2) is 18.2 Å². The molecule has 98 valence electrons. The van der Waals surface area contributed by atoms with Crippen molar-refractivity contribution >= 4 is 15.7 Å². The molecular weight excluding hydrogens is 256 g/mol. The van der Waals surface area contributed by atoms with E-state index < -0.39 is 15.3 Å². The van der Waals surface area contributed by atoms with E-state index in [4.69, 9.17) is 15.2 Å². The molecule has 0 amide bonds. The molecule has 1 atom stereocenters. The SMILES string of the molecule is NCC1CCN(c2ccc3c(c2)OCO3)S1(=O)=O. The summed E-state index contributed by atoms with van der Waals surface area (Å²) in [5.74, 6) is 1.23. The van der Waals surface area contributed by atoms with E-state index in [-0.39, 0.29) is 13.3 Å². The van der Waals surface area contributed by atoms with E-state index >= 15 is 0 Å². The molecular formula is C11H14N2O4S. The zero-order valence-corrected chi connectivity index (χ0v) is 10.5. The molecule has 7 heteroatoms. The Labute approximate surface area is 105 Å². The fourth-order valence-electron chi connectivity index (χ4n) is 2.27. The smallest absolute Gasteiger partial charge is 0.239 e. The molecule has 0 radical (unpaired) electrons. The number of rotatable bonds is 2. The molecule has 1 fully saturated rings. The van der Waals surface area contributed by atoms with Gasteiger partial charge in [0.15, 0.2) is 11.5 Å². The highest BCUT2D eigenvalue weighted by atomic mass is 32.2. The van der Waals surface area contributed by atoms with Crippen molar-refractivity contribution < 1.29 is 17.9 Å². The van der Waals surface area contributed by atoms with E-state index in [1.807, 2.05) is 0 Å². The molecule has 6 nitrogen and oxygen atoms in total. The molecule has 1 aromatic carbocycles. The van der Waals surface area contributed by atoms with Crippen LogP contribution < -0.4 is 19.5 Å². The van der Waals surface area contributed by atoms with Crippen molar-refractivity contribution in [3.8, 4) is 11.5 Å². The predicted molar refractivity (Wildman–Crippen MR) is 66.3 cm³/mol. The van der Waals surface area contributed by atoms with Crippen molar-refractivity contribution in [1.29, 1.82) is 0 Å². The van der Waals surface area contributed by atoms with E-state index in [0.717, 1.165) is 0 Å². The third-order valence-electron chi connectivity index (χ3n) is 3.29. The van der Waals surface area contributed by atoms with Crippen LogP contribution in [0.3, 0.4) is 0 Å². The normalized spacial score (nSPS) is 24.5. The summed E-state index contributed by atoms with van der Waals surface area (Å²) in [5, 5.41) is -0.483. The minimum Gasteiger partial charge on any atom is -0.454 e. The second-order valence-electron chi connectivity index (χ2n) is 4.30. The van der Waals surface area contributed by atoms with Crippen molar-refractivity contribution in [2.75, 3.05) is 24.2 Å². The van der Waals surface area contributed by atoms with E-state index in [1.165, 1.54) is 4.31 Å². The van der Waals surface area contributed by atoms with Gasteiger partial charge in [0.2, 0.25) is 16.8 Å². The number of nitrogens with two attached hydrogens (primary N) is 1. The maximum Gasteiger partial charge on any atom is 0.239 e. The van der Waals surface area contributed by atoms with Crippen LogP contribution in [-0.4, -0.2) is 33.6 Å². The summed E-state index contributed by atoms with van der Waals surface area (Å²) in [4.78, 5) is 0. The van der Waals surface area contributed by atoms with E-state index in [2.05, 4.69) is 0 Å². The van der Waals surface area contributed by atoms with Crippen LogP contribution in [0, 0.1) is 0 Å².